The molecule has 1 aliphatic carbocycles. The van der Waals surface area contributed by atoms with E-state index in [9.17, 15) is 9.59 Å². The minimum Gasteiger partial charge on any atom is -0.351 e. The van der Waals surface area contributed by atoms with Crippen LogP contribution in [0.2, 0.25) is 0 Å². The van der Waals surface area contributed by atoms with Gasteiger partial charge in [0, 0.05) is 19.4 Å². The van der Waals surface area contributed by atoms with Crippen molar-refractivity contribution in [3.63, 3.8) is 0 Å². The van der Waals surface area contributed by atoms with Gasteiger partial charge in [0.15, 0.2) is 5.82 Å². The number of rotatable bonds is 4. The molecule has 7 heteroatoms. The molecular formula is C17H27N5O2. The van der Waals surface area contributed by atoms with Crippen LogP contribution in [0.25, 0.3) is 0 Å². The third-order valence-electron chi connectivity index (χ3n) is 4.81. The average Bonchev–Trinajstić information content (AvgIpc) is 3.26. The monoisotopic (exact) mass is 333 g/mol. The van der Waals surface area contributed by atoms with Crippen LogP contribution >= 0.6 is 0 Å². The summed E-state index contributed by atoms with van der Waals surface area (Å²) in [5, 5.41) is 10.5. The summed E-state index contributed by atoms with van der Waals surface area (Å²) in [7, 11) is 1.83. The van der Waals surface area contributed by atoms with E-state index < -0.39 is 0 Å². The van der Waals surface area contributed by atoms with Gasteiger partial charge in [-0.3, -0.25) is 14.3 Å². The number of carbonyl (C=O) groups is 2. The zero-order valence-corrected chi connectivity index (χ0v) is 14.9. The van der Waals surface area contributed by atoms with E-state index in [1.807, 2.05) is 7.05 Å². The second-order valence-corrected chi connectivity index (χ2v) is 8.08. The molecule has 1 saturated heterocycles. The van der Waals surface area contributed by atoms with Crippen molar-refractivity contribution in [1.29, 1.82) is 0 Å². The average molecular weight is 333 g/mol. The van der Waals surface area contributed by atoms with Crippen molar-refractivity contribution in [2.45, 2.75) is 70.9 Å². The highest BCUT2D eigenvalue weighted by atomic mass is 16.2. The third kappa shape index (κ3) is 3.76. The molecule has 2 aliphatic rings. The lowest BCUT2D eigenvalue weighted by molar-refractivity contribution is -0.128. The molecule has 1 aromatic rings. The molecule has 2 amide bonds. The summed E-state index contributed by atoms with van der Waals surface area (Å²) in [4.78, 5) is 28.7. The molecule has 2 N–H and O–H groups in total. The number of amides is 2. The van der Waals surface area contributed by atoms with Gasteiger partial charge in [-0.1, -0.05) is 20.8 Å². The van der Waals surface area contributed by atoms with Gasteiger partial charge in [-0.15, -0.1) is 0 Å². The van der Waals surface area contributed by atoms with Crippen LogP contribution in [0, 0.1) is 5.41 Å². The molecule has 0 bridgehead atoms. The first-order valence-electron chi connectivity index (χ1n) is 8.72. The van der Waals surface area contributed by atoms with Crippen molar-refractivity contribution in [2.75, 3.05) is 0 Å². The van der Waals surface area contributed by atoms with E-state index in [4.69, 9.17) is 0 Å². The maximum Gasteiger partial charge on any atom is 0.227 e. The first-order valence-corrected chi connectivity index (χ1v) is 8.72. The fourth-order valence-electron chi connectivity index (χ4n) is 3.28. The summed E-state index contributed by atoms with van der Waals surface area (Å²) in [5.41, 5.74) is -0.113. The van der Waals surface area contributed by atoms with Gasteiger partial charge in [0.2, 0.25) is 11.8 Å². The summed E-state index contributed by atoms with van der Waals surface area (Å²) in [6.07, 6.45) is 3.63. The third-order valence-corrected chi connectivity index (χ3v) is 4.81. The van der Waals surface area contributed by atoms with Crippen molar-refractivity contribution in [1.82, 2.24) is 25.4 Å². The van der Waals surface area contributed by atoms with Crippen molar-refractivity contribution >= 4 is 11.8 Å². The molecule has 1 saturated carbocycles. The Kier molecular flexibility index (Phi) is 4.36. The summed E-state index contributed by atoms with van der Waals surface area (Å²) in [6, 6.07) is -0.115. The van der Waals surface area contributed by atoms with Crippen molar-refractivity contribution in [3.05, 3.63) is 11.6 Å². The fraction of sp³-hybridized carbons (Fsp3) is 0.765. The largest absolute Gasteiger partial charge is 0.351 e. The normalized spacial score (nSPS) is 24.6. The Morgan fingerprint density at radius 2 is 2.04 bits per heavy atom. The van der Waals surface area contributed by atoms with Crippen LogP contribution in [-0.2, 0) is 23.1 Å². The first-order chi connectivity index (χ1) is 11.2. The van der Waals surface area contributed by atoms with Gasteiger partial charge in [0.1, 0.15) is 5.82 Å². The van der Waals surface area contributed by atoms with Crippen molar-refractivity contribution in [2.24, 2.45) is 12.5 Å². The standard InChI is InChI=1S/C17H27N5O2/c1-17(2,3)15-11(7-8-13(23)20-15)18-14(24)9-12-19-16(10-5-6-10)21-22(12)4/h10-11,15H,5-9H2,1-4H3,(H,18,24)(H,20,23)/t11-,15-/m1/s1. The number of nitrogens with zero attached hydrogens (tertiary/aromatic N) is 3. The predicted octanol–water partition coefficient (Wildman–Crippen LogP) is 1.04. The lowest BCUT2D eigenvalue weighted by Gasteiger charge is -2.41. The van der Waals surface area contributed by atoms with Crippen LogP contribution in [0.3, 0.4) is 0 Å². The minimum absolute atomic E-state index is 0.0497. The SMILES string of the molecule is Cn1nc(C2CC2)nc1CC(=O)N[C@@H]1CCC(=O)N[C@H]1C(C)(C)C. The maximum atomic E-state index is 12.5. The molecular weight excluding hydrogens is 306 g/mol. The number of aryl methyl sites for hydroxylation is 1. The van der Waals surface area contributed by atoms with Gasteiger partial charge < -0.3 is 10.6 Å². The Morgan fingerprint density at radius 1 is 1.33 bits per heavy atom. The smallest absolute Gasteiger partial charge is 0.227 e. The molecule has 7 nitrogen and oxygen atoms in total. The van der Waals surface area contributed by atoms with Gasteiger partial charge in [0.05, 0.1) is 18.5 Å². The minimum atomic E-state index is -0.113. The number of carbonyl (C=O) groups excluding carboxylic acids is 2. The van der Waals surface area contributed by atoms with E-state index >= 15 is 0 Å². The van der Waals surface area contributed by atoms with E-state index in [1.54, 1.807) is 4.68 Å². The van der Waals surface area contributed by atoms with Crippen LogP contribution < -0.4 is 10.6 Å². The lowest BCUT2D eigenvalue weighted by atomic mass is 9.78. The number of nitrogens with one attached hydrogen (secondary N) is 2. The van der Waals surface area contributed by atoms with Crippen LogP contribution in [0.15, 0.2) is 0 Å². The van der Waals surface area contributed by atoms with Gasteiger partial charge in [-0.25, -0.2) is 4.98 Å². The van der Waals surface area contributed by atoms with Gasteiger partial charge in [0.25, 0.3) is 0 Å². The van der Waals surface area contributed by atoms with Crippen molar-refractivity contribution in [3.8, 4) is 0 Å². The maximum absolute atomic E-state index is 12.5. The Morgan fingerprint density at radius 3 is 2.67 bits per heavy atom. The molecule has 132 valence electrons. The van der Waals surface area contributed by atoms with Crippen LogP contribution in [0.1, 0.15) is 64.0 Å². The first kappa shape index (κ1) is 16.9. The quantitative estimate of drug-likeness (QED) is 0.862. The Bertz CT molecular complexity index is 642. The zero-order chi connectivity index (χ0) is 17.5. The second kappa shape index (κ2) is 6.18. The Balaban J connectivity index is 1.64. The Hall–Kier alpha value is -1.92. The van der Waals surface area contributed by atoms with E-state index in [0.717, 1.165) is 18.7 Å². The van der Waals surface area contributed by atoms with E-state index in [-0.39, 0.29) is 35.7 Å². The Labute approximate surface area is 142 Å². The summed E-state index contributed by atoms with van der Waals surface area (Å²) in [6.45, 7) is 6.23. The summed E-state index contributed by atoms with van der Waals surface area (Å²) >= 11 is 0. The highest BCUT2D eigenvalue weighted by Crippen LogP contribution is 2.38. The number of hydrogen-bond donors (Lipinski definition) is 2. The number of aromatic nitrogens is 3. The zero-order valence-electron chi connectivity index (χ0n) is 14.9. The lowest BCUT2D eigenvalue weighted by Crippen LogP contribution is -2.60. The molecule has 1 aliphatic heterocycles. The van der Waals surface area contributed by atoms with E-state index in [1.165, 1.54) is 0 Å². The predicted molar refractivity (Wildman–Crippen MR) is 89.2 cm³/mol. The highest BCUT2D eigenvalue weighted by molar-refractivity contribution is 5.80. The highest BCUT2D eigenvalue weighted by Gasteiger charge is 2.37. The second-order valence-electron chi connectivity index (χ2n) is 8.08. The molecule has 3 rings (SSSR count). The summed E-state index contributed by atoms with van der Waals surface area (Å²) in [5.74, 6) is 2.03. The topological polar surface area (TPSA) is 88.9 Å². The van der Waals surface area contributed by atoms with Gasteiger partial charge in [-0.05, 0) is 24.7 Å². The van der Waals surface area contributed by atoms with Crippen LogP contribution in [-0.4, -0.2) is 38.7 Å². The molecule has 0 unspecified atom stereocenters. The molecule has 0 aromatic carbocycles. The number of hydrogen-bond acceptors (Lipinski definition) is 4. The molecule has 24 heavy (non-hydrogen) atoms. The van der Waals surface area contributed by atoms with E-state index in [2.05, 4.69) is 41.5 Å². The molecule has 2 heterocycles. The molecule has 1 aromatic heterocycles. The number of piperidine rings is 1. The molecule has 0 spiro atoms. The van der Waals surface area contributed by atoms with Gasteiger partial charge in [-0.2, -0.15) is 5.10 Å². The summed E-state index contributed by atoms with van der Waals surface area (Å²) < 4.78 is 1.71. The molecule has 2 atom stereocenters. The van der Waals surface area contributed by atoms with Gasteiger partial charge >= 0.3 is 0 Å². The molecule has 2 fully saturated rings. The van der Waals surface area contributed by atoms with Crippen LogP contribution in [0.4, 0.5) is 0 Å². The fourth-order valence-corrected chi connectivity index (χ4v) is 3.28. The van der Waals surface area contributed by atoms with E-state index in [0.29, 0.717) is 24.6 Å². The van der Waals surface area contributed by atoms with Crippen molar-refractivity contribution < 1.29 is 9.59 Å². The van der Waals surface area contributed by atoms with Crippen LogP contribution in [0.5, 0.6) is 0 Å². The molecule has 0 radical (unpaired) electrons.